The van der Waals surface area contributed by atoms with Crippen LogP contribution in [0.15, 0.2) is 41.5 Å². The minimum Gasteiger partial charge on any atom is -0.442 e. The van der Waals surface area contributed by atoms with E-state index >= 15 is 0 Å². The van der Waals surface area contributed by atoms with Gasteiger partial charge in [-0.2, -0.15) is 0 Å². The van der Waals surface area contributed by atoms with Crippen LogP contribution in [0.4, 0.5) is 11.5 Å². The molecule has 0 bridgehead atoms. The van der Waals surface area contributed by atoms with Gasteiger partial charge in [0, 0.05) is 19.9 Å². The molecule has 1 aliphatic heterocycles. The number of aromatic amines is 1. The molecule has 2 heterocycles. The fourth-order valence-corrected chi connectivity index (χ4v) is 3.08. The van der Waals surface area contributed by atoms with E-state index in [1.165, 1.54) is 13.3 Å². The smallest absolute Gasteiger partial charge is 0.304 e. The van der Waals surface area contributed by atoms with Gasteiger partial charge in [0.15, 0.2) is 12.0 Å². The van der Waals surface area contributed by atoms with Gasteiger partial charge < -0.3 is 19.5 Å². The molecule has 140 valence electrons. The maximum atomic E-state index is 12.4. The Morgan fingerprint density at radius 3 is 2.73 bits per heavy atom. The number of fused-ring (bicyclic) bond motifs is 1. The van der Waals surface area contributed by atoms with E-state index in [0.717, 1.165) is 12.0 Å². The molecule has 1 aromatic carbocycles. The Labute approximate surface area is 162 Å². The Morgan fingerprint density at radius 1 is 1.35 bits per heavy atom. The maximum Gasteiger partial charge on any atom is 0.304 e. The van der Waals surface area contributed by atoms with Crippen LogP contribution in [0.3, 0.4) is 0 Å². The second kappa shape index (κ2) is 8.84. The van der Waals surface area contributed by atoms with Crippen LogP contribution in [0, 0.1) is 0 Å². The van der Waals surface area contributed by atoms with Gasteiger partial charge in [-0.1, -0.05) is 43.7 Å². The zero-order chi connectivity index (χ0) is 17.8. The molecule has 8 heteroatoms. The maximum absolute atomic E-state index is 12.4. The fourth-order valence-electron chi connectivity index (χ4n) is 3.08. The van der Waals surface area contributed by atoms with Gasteiger partial charge in [0.2, 0.25) is 0 Å². The number of aromatic nitrogens is 2. The van der Waals surface area contributed by atoms with E-state index < -0.39 is 6.23 Å². The molecule has 26 heavy (non-hydrogen) atoms. The molecule has 1 N–H and O–H groups in total. The summed E-state index contributed by atoms with van der Waals surface area (Å²) in [6, 6.07) is 9.93. The molecular formula is C18H23BrN4O3. The van der Waals surface area contributed by atoms with Crippen LogP contribution < -0.4 is 15.4 Å². The van der Waals surface area contributed by atoms with Crippen LogP contribution in [0.5, 0.6) is 0 Å². The lowest BCUT2D eigenvalue weighted by atomic mass is 10.2. The van der Waals surface area contributed by atoms with E-state index in [1.807, 2.05) is 47.1 Å². The van der Waals surface area contributed by atoms with Gasteiger partial charge in [0.1, 0.15) is 5.69 Å². The first-order chi connectivity index (χ1) is 12.1. The van der Waals surface area contributed by atoms with Crippen LogP contribution in [-0.4, -0.2) is 28.8 Å². The van der Waals surface area contributed by atoms with Crippen molar-refractivity contribution in [2.24, 2.45) is 0 Å². The first-order valence-corrected chi connectivity index (χ1v) is 8.40. The largest absolute Gasteiger partial charge is 0.442 e. The van der Waals surface area contributed by atoms with Crippen molar-refractivity contribution >= 4 is 34.5 Å². The zero-order valence-electron chi connectivity index (χ0n) is 14.8. The van der Waals surface area contributed by atoms with E-state index in [9.17, 15) is 9.59 Å². The van der Waals surface area contributed by atoms with E-state index in [1.54, 1.807) is 0 Å². The van der Waals surface area contributed by atoms with Crippen LogP contribution >= 0.6 is 17.0 Å². The van der Waals surface area contributed by atoms with Gasteiger partial charge in [-0.25, -0.2) is 4.98 Å². The number of nitrogens with zero attached hydrogens (tertiary/aromatic N) is 3. The molecule has 7 nitrogen and oxygen atoms in total. The quantitative estimate of drug-likeness (QED) is 0.720. The standard InChI is InChI=1S/C18H22N4O3.BrH/c1-3-7-15(25-13(2)23)22-12-21(10-14-8-5-4-6-9-14)16-17(22)19-11-20-18(16)24;/h4-6,8-9,11,15H,3,7,10,12H2,1-2H3,(H,19,20,24);1H. The average Bonchev–Trinajstić information content (AvgIpc) is 2.95. The Bertz CT molecular complexity index is 797. The van der Waals surface area contributed by atoms with Gasteiger partial charge in [-0.15, -0.1) is 17.0 Å². The Balaban J connectivity index is 0.00000243. The number of nitrogens with one attached hydrogen (secondary N) is 1. The first-order valence-electron chi connectivity index (χ1n) is 8.40. The predicted octanol–water partition coefficient (Wildman–Crippen LogP) is 2.82. The van der Waals surface area contributed by atoms with Gasteiger partial charge in [0.05, 0.1) is 13.0 Å². The van der Waals surface area contributed by atoms with E-state index in [2.05, 4.69) is 9.97 Å². The number of H-pyrrole nitrogens is 1. The molecule has 0 spiro atoms. The second-order valence-corrected chi connectivity index (χ2v) is 6.05. The minimum absolute atomic E-state index is 0. The van der Waals surface area contributed by atoms with Crippen molar-refractivity contribution in [3.05, 3.63) is 52.6 Å². The van der Waals surface area contributed by atoms with Crippen molar-refractivity contribution in [3.8, 4) is 0 Å². The third kappa shape index (κ3) is 4.24. The Hall–Kier alpha value is -2.35. The number of carbonyl (C=O) groups is 1. The average molecular weight is 423 g/mol. The monoisotopic (exact) mass is 422 g/mol. The van der Waals surface area contributed by atoms with Crippen LogP contribution in [-0.2, 0) is 16.1 Å². The van der Waals surface area contributed by atoms with Crippen LogP contribution in [0.1, 0.15) is 32.3 Å². The summed E-state index contributed by atoms with van der Waals surface area (Å²) in [5.74, 6) is 0.214. The Kier molecular flexibility index (Phi) is 6.79. The van der Waals surface area contributed by atoms with Crippen molar-refractivity contribution in [1.82, 2.24) is 9.97 Å². The summed E-state index contributed by atoms with van der Waals surface area (Å²) in [6.07, 6.45) is 2.48. The number of esters is 1. The summed E-state index contributed by atoms with van der Waals surface area (Å²) in [7, 11) is 0. The highest BCUT2D eigenvalue weighted by Gasteiger charge is 2.35. The van der Waals surface area contributed by atoms with Crippen molar-refractivity contribution < 1.29 is 9.53 Å². The number of hydrogen-bond acceptors (Lipinski definition) is 6. The number of ether oxygens (including phenoxy) is 1. The number of carbonyl (C=O) groups excluding carboxylic acids is 1. The zero-order valence-corrected chi connectivity index (χ0v) is 16.6. The van der Waals surface area contributed by atoms with E-state index in [0.29, 0.717) is 31.1 Å². The number of anilines is 2. The van der Waals surface area contributed by atoms with Crippen LogP contribution in [0.2, 0.25) is 0 Å². The predicted molar refractivity (Wildman–Crippen MR) is 106 cm³/mol. The molecule has 2 aromatic rings. The molecule has 1 aromatic heterocycles. The van der Waals surface area contributed by atoms with Gasteiger partial charge in [-0.3, -0.25) is 9.59 Å². The molecule has 0 amide bonds. The lowest BCUT2D eigenvalue weighted by molar-refractivity contribution is -0.146. The molecule has 0 aliphatic carbocycles. The van der Waals surface area contributed by atoms with Gasteiger partial charge >= 0.3 is 5.97 Å². The third-order valence-electron chi connectivity index (χ3n) is 4.12. The number of halogens is 1. The summed E-state index contributed by atoms with van der Waals surface area (Å²) >= 11 is 0. The van der Waals surface area contributed by atoms with Gasteiger partial charge in [-0.05, 0) is 5.56 Å². The first kappa shape index (κ1) is 20.0. The van der Waals surface area contributed by atoms with E-state index in [4.69, 9.17) is 4.74 Å². The topological polar surface area (TPSA) is 78.5 Å². The second-order valence-electron chi connectivity index (χ2n) is 6.05. The normalized spacial score (nSPS) is 13.8. The molecule has 3 rings (SSSR count). The summed E-state index contributed by atoms with van der Waals surface area (Å²) in [4.78, 5) is 34.7. The van der Waals surface area contributed by atoms with Crippen molar-refractivity contribution in [3.63, 3.8) is 0 Å². The fraction of sp³-hybridized carbons (Fsp3) is 0.389. The summed E-state index contributed by atoms with van der Waals surface area (Å²) in [5.41, 5.74) is 1.42. The summed E-state index contributed by atoms with van der Waals surface area (Å²) < 4.78 is 5.48. The minimum atomic E-state index is -0.434. The lowest BCUT2D eigenvalue weighted by Gasteiger charge is -2.28. The van der Waals surface area contributed by atoms with Crippen LogP contribution in [0.25, 0.3) is 0 Å². The van der Waals surface area contributed by atoms with Gasteiger partial charge in [0.25, 0.3) is 5.56 Å². The molecule has 1 aliphatic rings. The lowest BCUT2D eigenvalue weighted by Crippen LogP contribution is -2.41. The number of hydrogen-bond donors (Lipinski definition) is 1. The van der Waals surface area contributed by atoms with Crippen molar-refractivity contribution in [1.29, 1.82) is 0 Å². The molecule has 1 atom stereocenters. The highest BCUT2D eigenvalue weighted by Crippen LogP contribution is 2.34. The molecule has 0 fully saturated rings. The molecule has 0 saturated carbocycles. The third-order valence-corrected chi connectivity index (χ3v) is 4.12. The summed E-state index contributed by atoms with van der Waals surface area (Å²) in [6.45, 7) is 4.45. The Morgan fingerprint density at radius 2 is 2.08 bits per heavy atom. The molecular weight excluding hydrogens is 400 g/mol. The highest BCUT2D eigenvalue weighted by atomic mass is 79.9. The van der Waals surface area contributed by atoms with Crippen molar-refractivity contribution in [2.45, 2.75) is 39.5 Å². The SMILES string of the molecule is Br.CCCC(OC(C)=O)N1CN(Cc2ccccc2)c2c1nc[nH]c2=O. The highest BCUT2D eigenvalue weighted by molar-refractivity contribution is 8.93. The number of rotatable bonds is 6. The molecule has 0 saturated heterocycles. The summed E-state index contributed by atoms with van der Waals surface area (Å²) in [5, 5.41) is 0. The molecule has 1 unspecified atom stereocenters. The van der Waals surface area contributed by atoms with Crippen molar-refractivity contribution in [2.75, 3.05) is 16.5 Å². The molecule has 0 radical (unpaired) electrons. The number of benzene rings is 1. The van der Waals surface area contributed by atoms with E-state index in [-0.39, 0.29) is 28.5 Å².